The predicted octanol–water partition coefficient (Wildman–Crippen LogP) is 4.62. The largest absolute Gasteiger partial charge is 0.497 e. The third kappa shape index (κ3) is 5.07. The van der Waals surface area contributed by atoms with Crippen LogP contribution in [0.1, 0.15) is 36.6 Å². The topological polar surface area (TPSA) is 56.8 Å². The van der Waals surface area contributed by atoms with Crippen molar-refractivity contribution in [1.82, 2.24) is 5.32 Å². The lowest BCUT2D eigenvalue weighted by Gasteiger charge is -2.21. The maximum atomic E-state index is 12.6. The first-order valence-electron chi connectivity index (χ1n) is 8.72. The molecule has 1 N–H and O–H groups in total. The zero-order valence-corrected chi connectivity index (χ0v) is 17.3. The number of carbonyl (C=O) groups excluding carboxylic acids is 1. The summed E-state index contributed by atoms with van der Waals surface area (Å²) in [6, 6.07) is 8.86. The van der Waals surface area contributed by atoms with Crippen LogP contribution >= 0.6 is 11.6 Å². The monoisotopic (exact) mass is 391 g/mol. The SMILES string of the molecule is COc1ccc(OC)c([C@H](C)NC(=O)[C@H](C)Oc2cc(C)c(Cl)c(C)c2)c1. The molecule has 5 nitrogen and oxygen atoms in total. The number of carbonyl (C=O) groups is 1. The quantitative estimate of drug-likeness (QED) is 0.748. The molecule has 0 aliphatic rings. The molecule has 0 unspecified atom stereocenters. The van der Waals surface area contributed by atoms with Gasteiger partial charge >= 0.3 is 0 Å². The van der Waals surface area contributed by atoms with E-state index < -0.39 is 6.10 Å². The van der Waals surface area contributed by atoms with Crippen molar-refractivity contribution in [3.05, 3.63) is 52.0 Å². The molecule has 27 heavy (non-hydrogen) atoms. The highest BCUT2D eigenvalue weighted by molar-refractivity contribution is 6.32. The van der Waals surface area contributed by atoms with E-state index in [9.17, 15) is 4.79 Å². The average molecular weight is 392 g/mol. The van der Waals surface area contributed by atoms with Crippen molar-refractivity contribution in [2.75, 3.05) is 14.2 Å². The van der Waals surface area contributed by atoms with Crippen molar-refractivity contribution >= 4 is 17.5 Å². The molecule has 1 amide bonds. The predicted molar refractivity (Wildman–Crippen MR) is 107 cm³/mol. The van der Waals surface area contributed by atoms with Crippen LogP contribution in [0.25, 0.3) is 0 Å². The van der Waals surface area contributed by atoms with E-state index in [4.69, 9.17) is 25.8 Å². The van der Waals surface area contributed by atoms with E-state index in [0.29, 0.717) is 22.3 Å². The minimum Gasteiger partial charge on any atom is -0.497 e. The minimum absolute atomic E-state index is 0.224. The van der Waals surface area contributed by atoms with Crippen LogP contribution in [0.5, 0.6) is 17.2 Å². The number of rotatable bonds is 7. The second-order valence-corrected chi connectivity index (χ2v) is 6.85. The van der Waals surface area contributed by atoms with Gasteiger partial charge in [-0.25, -0.2) is 0 Å². The second-order valence-electron chi connectivity index (χ2n) is 6.47. The number of nitrogens with one attached hydrogen (secondary N) is 1. The summed E-state index contributed by atoms with van der Waals surface area (Å²) >= 11 is 6.18. The van der Waals surface area contributed by atoms with Crippen molar-refractivity contribution in [1.29, 1.82) is 0 Å². The fourth-order valence-electron chi connectivity index (χ4n) is 2.82. The standard InChI is InChI=1S/C21H26ClNO4/c1-12-9-17(10-13(2)20(12)22)27-15(4)21(24)23-14(3)18-11-16(25-5)7-8-19(18)26-6/h7-11,14-15H,1-6H3,(H,23,24)/t14-,15-/m0/s1. The second kappa shape index (κ2) is 9.00. The van der Waals surface area contributed by atoms with Gasteiger partial charge in [0.2, 0.25) is 0 Å². The first-order chi connectivity index (χ1) is 12.8. The highest BCUT2D eigenvalue weighted by Crippen LogP contribution is 2.30. The maximum absolute atomic E-state index is 12.6. The third-order valence-corrected chi connectivity index (χ3v) is 4.95. The molecule has 2 aromatic rings. The smallest absolute Gasteiger partial charge is 0.261 e. The van der Waals surface area contributed by atoms with E-state index in [1.807, 2.05) is 51.1 Å². The van der Waals surface area contributed by atoms with Gasteiger partial charge in [-0.1, -0.05) is 11.6 Å². The van der Waals surface area contributed by atoms with E-state index in [1.165, 1.54) is 0 Å². The summed E-state index contributed by atoms with van der Waals surface area (Å²) in [4.78, 5) is 12.6. The van der Waals surface area contributed by atoms with Gasteiger partial charge in [-0.15, -0.1) is 0 Å². The fraction of sp³-hybridized carbons (Fsp3) is 0.381. The summed E-state index contributed by atoms with van der Waals surface area (Å²) in [7, 11) is 3.19. The van der Waals surface area contributed by atoms with Crippen molar-refractivity contribution in [2.24, 2.45) is 0 Å². The highest BCUT2D eigenvalue weighted by atomic mass is 35.5. The molecule has 0 spiro atoms. The maximum Gasteiger partial charge on any atom is 0.261 e. The van der Waals surface area contributed by atoms with Gasteiger partial charge in [-0.05, 0) is 69.2 Å². The molecule has 0 saturated heterocycles. The Morgan fingerprint density at radius 3 is 2.19 bits per heavy atom. The Morgan fingerprint density at radius 2 is 1.63 bits per heavy atom. The number of ether oxygens (including phenoxy) is 3. The van der Waals surface area contributed by atoms with Crippen LogP contribution in [0.15, 0.2) is 30.3 Å². The number of hydrogen-bond donors (Lipinski definition) is 1. The van der Waals surface area contributed by atoms with Gasteiger partial charge in [0.1, 0.15) is 17.2 Å². The molecule has 6 heteroatoms. The summed E-state index contributed by atoms with van der Waals surface area (Å²) in [6.45, 7) is 7.41. The first kappa shape index (κ1) is 20.9. The van der Waals surface area contributed by atoms with Gasteiger partial charge < -0.3 is 19.5 Å². The molecule has 0 radical (unpaired) electrons. The zero-order chi connectivity index (χ0) is 20.1. The highest BCUT2D eigenvalue weighted by Gasteiger charge is 2.20. The number of methoxy groups -OCH3 is 2. The van der Waals surface area contributed by atoms with Gasteiger partial charge in [-0.2, -0.15) is 0 Å². The number of amides is 1. The molecular weight excluding hydrogens is 366 g/mol. The van der Waals surface area contributed by atoms with Crippen molar-refractivity contribution < 1.29 is 19.0 Å². The van der Waals surface area contributed by atoms with E-state index >= 15 is 0 Å². The summed E-state index contributed by atoms with van der Waals surface area (Å²) in [5.74, 6) is 1.77. The lowest BCUT2D eigenvalue weighted by molar-refractivity contribution is -0.127. The molecule has 0 aliphatic carbocycles. The molecule has 0 saturated carbocycles. The molecule has 0 fully saturated rings. The lowest BCUT2D eigenvalue weighted by atomic mass is 10.1. The van der Waals surface area contributed by atoms with Crippen LogP contribution in [-0.4, -0.2) is 26.2 Å². The Kier molecular flexibility index (Phi) is 6.97. The number of hydrogen-bond acceptors (Lipinski definition) is 4. The van der Waals surface area contributed by atoms with Gasteiger partial charge in [0.05, 0.1) is 20.3 Å². The lowest BCUT2D eigenvalue weighted by Crippen LogP contribution is -2.37. The molecule has 0 bridgehead atoms. The van der Waals surface area contributed by atoms with E-state index in [0.717, 1.165) is 16.7 Å². The van der Waals surface area contributed by atoms with E-state index in [-0.39, 0.29) is 11.9 Å². The van der Waals surface area contributed by atoms with Gasteiger partial charge in [0, 0.05) is 10.6 Å². The molecule has 0 aliphatic heterocycles. The van der Waals surface area contributed by atoms with Crippen molar-refractivity contribution in [3.63, 3.8) is 0 Å². The van der Waals surface area contributed by atoms with Crippen LogP contribution in [0.3, 0.4) is 0 Å². The number of halogens is 1. The van der Waals surface area contributed by atoms with Crippen molar-refractivity contribution in [3.8, 4) is 17.2 Å². The van der Waals surface area contributed by atoms with Gasteiger partial charge in [0.15, 0.2) is 6.10 Å². The Labute approximate surface area is 165 Å². The molecule has 146 valence electrons. The Morgan fingerprint density at radius 1 is 1.00 bits per heavy atom. The molecule has 2 rings (SSSR count). The average Bonchev–Trinajstić information content (AvgIpc) is 2.65. The normalized spacial score (nSPS) is 12.9. The van der Waals surface area contributed by atoms with Gasteiger partial charge in [0.25, 0.3) is 5.91 Å². The molecule has 2 aromatic carbocycles. The van der Waals surface area contributed by atoms with Crippen LogP contribution < -0.4 is 19.5 Å². The zero-order valence-electron chi connectivity index (χ0n) is 16.6. The Balaban J connectivity index is 2.10. The van der Waals surface area contributed by atoms with Crippen LogP contribution in [0.2, 0.25) is 5.02 Å². The Bertz CT molecular complexity index is 799. The molecule has 2 atom stereocenters. The molecule has 0 aromatic heterocycles. The molecule has 0 heterocycles. The number of benzene rings is 2. The molecular formula is C21H26ClNO4. The van der Waals surface area contributed by atoms with Crippen LogP contribution in [-0.2, 0) is 4.79 Å². The van der Waals surface area contributed by atoms with Crippen molar-refractivity contribution in [2.45, 2.75) is 39.8 Å². The third-order valence-electron chi connectivity index (χ3n) is 4.35. The van der Waals surface area contributed by atoms with Gasteiger partial charge in [-0.3, -0.25) is 4.79 Å². The van der Waals surface area contributed by atoms with Crippen LogP contribution in [0.4, 0.5) is 0 Å². The summed E-state index contributed by atoms with van der Waals surface area (Å²) in [6.07, 6.45) is -0.663. The van der Waals surface area contributed by atoms with Crippen LogP contribution in [0, 0.1) is 13.8 Å². The summed E-state index contributed by atoms with van der Waals surface area (Å²) in [5.41, 5.74) is 2.65. The van der Waals surface area contributed by atoms with E-state index in [2.05, 4.69) is 5.32 Å². The number of aryl methyl sites for hydroxylation is 2. The summed E-state index contributed by atoms with van der Waals surface area (Å²) in [5, 5.41) is 3.66. The van der Waals surface area contributed by atoms with E-state index in [1.54, 1.807) is 21.1 Å². The fourth-order valence-corrected chi connectivity index (χ4v) is 2.93. The Hall–Kier alpha value is -2.40. The minimum atomic E-state index is -0.663. The summed E-state index contributed by atoms with van der Waals surface area (Å²) < 4.78 is 16.5. The first-order valence-corrected chi connectivity index (χ1v) is 9.10.